The number of aliphatic hydroxyl groups is 2. The average Bonchev–Trinajstić information content (AvgIpc) is 3.12. The van der Waals surface area contributed by atoms with Crippen LogP contribution >= 0.6 is 11.6 Å². The van der Waals surface area contributed by atoms with Crippen molar-refractivity contribution < 1.29 is 10.2 Å². The number of rotatable bonds is 8. The van der Waals surface area contributed by atoms with Crippen LogP contribution in [-0.4, -0.2) is 27.3 Å². The molecule has 0 aliphatic heterocycles. The highest BCUT2D eigenvalue weighted by molar-refractivity contribution is 6.22. The number of aliphatic hydroxyl groups excluding tert-OH is 1. The van der Waals surface area contributed by atoms with Crippen molar-refractivity contribution in [1.82, 2.24) is 0 Å². The van der Waals surface area contributed by atoms with Gasteiger partial charge in [-0.05, 0) is 92.6 Å². The van der Waals surface area contributed by atoms with Gasteiger partial charge in [-0.3, -0.25) is 0 Å². The summed E-state index contributed by atoms with van der Waals surface area (Å²) >= 11 is 6.39. The van der Waals surface area contributed by atoms with Gasteiger partial charge in [0.2, 0.25) is 0 Å². The van der Waals surface area contributed by atoms with Crippen molar-refractivity contribution in [3.63, 3.8) is 0 Å². The molecular weight excluding hydrogens is 416 g/mol. The summed E-state index contributed by atoms with van der Waals surface area (Å²) in [5, 5.41) is 20.6. The smallest absolute Gasteiger partial charge is 0.0642 e. The molecule has 0 aromatic carbocycles. The van der Waals surface area contributed by atoms with Gasteiger partial charge in [0.1, 0.15) is 0 Å². The first-order chi connectivity index (χ1) is 15.1. The highest BCUT2D eigenvalue weighted by Crippen LogP contribution is 2.57. The predicted octanol–water partition coefficient (Wildman–Crippen LogP) is 7.65. The fourth-order valence-electron chi connectivity index (χ4n) is 6.55. The van der Waals surface area contributed by atoms with E-state index < -0.39 is 5.60 Å². The average molecular weight is 461 g/mol. The lowest BCUT2D eigenvalue weighted by Crippen LogP contribution is -2.32. The van der Waals surface area contributed by atoms with Crippen LogP contribution in [-0.2, 0) is 0 Å². The molecule has 0 heterocycles. The summed E-state index contributed by atoms with van der Waals surface area (Å²) in [7, 11) is 0. The molecule has 3 rings (SSSR count). The zero-order valence-corrected chi connectivity index (χ0v) is 21.6. The SMILES string of the molecule is C=C1/C(=C\C=C2/CCCC3(C)C(C(C)CCCC(O)(CC)CC)=CCC23)CC(O)CC1Cl. The van der Waals surface area contributed by atoms with Crippen molar-refractivity contribution in [1.29, 1.82) is 0 Å². The van der Waals surface area contributed by atoms with Crippen molar-refractivity contribution in [2.24, 2.45) is 17.3 Å². The van der Waals surface area contributed by atoms with E-state index in [0.717, 1.165) is 49.7 Å². The second kappa shape index (κ2) is 10.6. The van der Waals surface area contributed by atoms with Crippen molar-refractivity contribution in [3.8, 4) is 0 Å². The highest BCUT2D eigenvalue weighted by atomic mass is 35.5. The monoisotopic (exact) mass is 460 g/mol. The lowest BCUT2D eigenvalue weighted by atomic mass is 9.62. The molecule has 2 fully saturated rings. The third kappa shape index (κ3) is 5.45. The summed E-state index contributed by atoms with van der Waals surface area (Å²) in [4.78, 5) is 0. The van der Waals surface area contributed by atoms with Crippen LogP contribution in [0.1, 0.15) is 98.3 Å². The standard InChI is InChI=1S/C29H45ClO2/c1-6-29(32,7-2)17-8-10-20(3)25-14-15-26-22(11-9-16-28(25,26)5)12-13-23-18-24(31)19-27(30)21(23)4/h12-14,20,24,26-27,31-32H,4,6-11,15-19H2,1-3,5H3/b22-12+,23-13-. The minimum atomic E-state index is -0.483. The minimum Gasteiger partial charge on any atom is -0.393 e. The summed E-state index contributed by atoms with van der Waals surface area (Å²) in [5.41, 5.74) is 5.06. The molecule has 0 saturated heterocycles. The van der Waals surface area contributed by atoms with E-state index in [9.17, 15) is 10.2 Å². The third-order valence-electron chi connectivity index (χ3n) is 8.96. The molecule has 0 aromatic heterocycles. The van der Waals surface area contributed by atoms with E-state index in [2.05, 4.69) is 52.5 Å². The molecule has 0 spiro atoms. The molecule has 2 nitrogen and oxygen atoms in total. The van der Waals surface area contributed by atoms with Crippen LogP contribution in [0.25, 0.3) is 0 Å². The number of halogens is 1. The molecule has 3 aliphatic rings. The van der Waals surface area contributed by atoms with Gasteiger partial charge in [0.25, 0.3) is 0 Å². The predicted molar refractivity (Wildman–Crippen MR) is 137 cm³/mol. The molecule has 3 heteroatoms. The normalized spacial score (nSPS) is 34.7. The summed E-state index contributed by atoms with van der Waals surface area (Å²) in [6, 6.07) is 0. The summed E-state index contributed by atoms with van der Waals surface area (Å²) in [6.45, 7) is 13.3. The van der Waals surface area contributed by atoms with Crippen molar-refractivity contribution in [2.75, 3.05) is 0 Å². The van der Waals surface area contributed by atoms with Crippen LogP contribution in [0.15, 0.2) is 47.1 Å². The van der Waals surface area contributed by atoms with Crippen LogP contribution < -0.4 is 0 Å². The topological polar surface area (TPSA) is 40.5 Å². The van der Waals surface area contributed by atoms with Gasteiger partial charge in [0.05, 0.1) is 17.1 Å². The third-order valence-corrected chi connectivity index (χ3v) is 9.40. The maximum atomic E-state index is 10.6. The quantitative estimate of drug-likeness (QED) is 0.288. The molecule has 0 bridgehead atoms. The molecule has 5 atom stereocenters. The molecule has 0 aromatic rings. The Bertz CT molecular complexity index is 772. The van der Waals surface area contributed by atoms with Gasteiger partial charge in [-0.25, -0.2) is 0 Å². The number of allylic oxidation sites excluding steroid dienone is 6. The Morgan fingerprint density at radius 1 is 1.31 bits per heavy atom. The fraction of sp³-hybridized carbons (Fsp3) is 0.724. The molecule has 0 amide bonds. The maximum Gasteiger partial charge on any atom is 0.0642 e. The molecule has 2 N–H and O–H groups in total. The number of alkyl halides is 1. The first kappa shape index (κ1) is 25.8. The van der Waals surface area contributed by atoms with E-state index in [1.165, 1.54) is 19.3 Å². The van der Waals surface area contributed by atoms with Gasteiger partial charge in [-0.1, -0.05) is 70.1 Å². The van der Waals surface area contributed by atoms with Crippen LogP contribution in [0, 0.1) is 17.3 Å². The Morgan fingerprint density at radius 2 is 2.03 bits per heavy atom. The lowest BCUT2D eigenvalue weighted by Gasteiger charge is -2.42. The van der Waals surface area contributed by atoms with E-state index >= 15 is 0 Å². The van der Waals surface area contributed by atoms with E-state index in [1.54, 1.807) is 11.1 Å². The second-order valence-electron chi connectivity index (χ2n) is 11.0. The molecular formula is C29H45ClO2. The number of fused-ring (bicyclic) bond motifs is 1. The minimum absolute atomic E-state index is 0.154. The van der Waals surface area contributed by atoms with Crippen LogP contribution in [0.3, 0.4) is 0 Å². The van der Waals surface area contributed by atoms with Crippen LogP contribution in [0.2, 0.25) is 0 Å². The Balaban J connectivity index is 1.68. The lowest BCUT2D eigenvalue weighted by molar-refractivity contribution is 0.0204. The van der Waals surface area contributed by atoms with Crippen LogP contribution in [0.5, 0.6) is 0 Å². The Morgan fingerprint density at radius 3 is 2.72 bits per heavy atom. The molecule has 0 radical (unpaired) electrons. The first-order valence-corrected chi connectivity index (χ1v) is 13.4. The largest absolute Gasteiger partial charge is 0.393 e. The van der Waals surface area contributed by atoms with E-state index in [4.69, 9.17) is 11.6 Å². The Labute approximate surface area is 201 Å². The molecule has 5 unspecified atom stereocenters. The zero-order chi connectivity index (χ0) is 23.5. The van der Waals surface area contributed by atoms with Gasteiger partial charge in [0, 0.05) is 0 Å². The highest BCUT2D eigenvalue weighted by Gasteiger charge is 2.45. The van der Waals surface area contributed by atoms with Crippen LogP contribution in [0.4, 0.5) is 0 Å². The summed E-state index contributed by atoms with van der Waals surface area (Å²) in [5.74, 6) is 1.16. The van der Waals surface area contributed by atoms with E-state index in [1.807, 2.05) is 0 Å². The summed E-state index contributed by atoms with van der Waals surface area (Å²) < 4.78 is 0. The summed E-state index contributed by atoms with van der Waals surface area (Å²) in [6.07, 6.45) is 17.6. The van der Waals surface area contributed by atoms with Gasteiger partial charge < -0.3 is 10.2 Å². The Hall–Kier alpha value is -0.830. The molecule has 32 heavy (non-hydrogen) atoms. The molecule has 2 saturated carbocycles. The van der Waals surface area contributed by atoms with Gasteiger partial charge in [-0.15, -0.1) is 11.6 Å². The van der Waals surface area contributed by atoms with Gasteiger partial charge >= 0.3 is 0 Å². The van der Waals surface area contributed by atoms with Crippen molar-refractivity contribution >= 4 is 11.6 Å². The van der Waals surface area contributed by atoms with E-state index in [0.29, 0.717) is 24.7 Å². The maximum absolute atomic E-state index is 10.6. The number of hydrogen-bond acceptors (Lipinski definition) is 2. The van der Waals surface area contributed by atoms with Crippen molar-refractivity contribution in [3.05, 3.63) is 47.1 Å². The zero-order valence-electron chi connectivity index (χ0n) is 20.8. The van der Waals surface area contributed by atoms with Crippen molar-refractivity contribution in [2.45, 2.75) is 115 Å². The molecule has 3 aliphatic carbocycles. The van der Waals surface area contributed by atoms with E-state index in [-0.39, 0.29) is 16.9 Å². The Kier molecular flexibility index (Phi) is 8.56. The molecule has 180 valence electrons. The van der Waals surface area contributed by atoms with Gasteiger partial charge in [-0.2, -0.15) is 0 Å². The fourth-order valence-corrected chi connectivity index (χ4v) is 6.89. The van der Waals surface area contributed by atoms with Gasteiger partial charge in [0.15, 0.2) is 0 Å². The number of hydrogen-bond donors (Lipinski definition) is 2. The second-order valence-corrected chi connectivity index (χ2v) is 11.5. The first-order valence-electron chi connectivity index (χ1n) is 13.0.